The second kappa shape index (κ2) is 18.9. The van der Waals surface area contributed by atoms with Crippen LogP contribution in [0.5, 0.6) is 34.5 Å². The van der Waals surface area contributed by atoms with Crippen molar-refractivity contribution >= 4 is 57.8 Å². The average molecular weight is 831 g/mol. The molecule has 2 atom stereocenters. The van der Waals surface area contributed by atoms with Crippen LogP contribution in [0.2, 0.25) is 0 Å². The van der Waals surface area contributed by atoms with Gasteiger partial charge in [-0.3, -0.25) is 20.4 Å². The maximum Gasteiger partial charge on any atom is 0.320 e. The summed E-state index contributed by atoms with van der Waals surface area (Å²) in [5, 5.41) is 111. The number of phenols is 6. The van der Waals surface area contributed by atoms with Crippen LogP contribution < -0.4 is 22.1 Å². The highest BCUT2D eigenvalue weighted by Crippen LogP contribution is 2.54. The van der Waals surface area contributed by atoms with E-state index in [0.29, 0.717) is 45.9 Å². The van der Waals surface area contributed by atoms with E-state index in [2.05, 4.69) is 20.6 Å². The molecule has 0 aromatic heterocycles. The number of guanidine groups is 2. The Balaban J connectivity index is 1.94. The molecule has 0 saturated heterocycles. The molecule has 0 saturated carbocycles. The Hall–Kier alpha value is -6.66. The topological polar surface area (TPSA) is 344 Å². The molecule has 18 heteroatoms. The number of phenolic OH excluding ortho intramolecular Hbond substituents is 6. The van der Waals surface area contributed by atoms with Crippen molar-refractivity contribution in [2.45, 2.75) is 91.1 Å². The summed E-state index contributed by atoms with van der Waals surface area (Å²) >= 11 is 0. The SMILES string of the molecule is Cc1cc2c(C(C)C)c(O)c(O)c(/C=N\C(=N)NCCC[C@H](N)C(=O)O)c2c(O)c1-c1c(C)cc2c(C(C)C)c(O)c(O)c(/C=N/C(=N)NCCC[C@H](N)C(=O)O)c2c1O. The van der Waals surface area contributed by atoms with Crippen molar-refractivity contribution in [3.8, 4) is 45.6 Å². The molecule has 0 aliphatic carbocycles. The van der Waals surface area contributed by atoms with E-state index in [0.717, 1.165) is 12.4 Å². The number of aliphatic imine (C=N–C) groups is 2. The zero-order valence-corrected chi connectivity index (χ0v) is 34.3. The van der Waals surface area contributed by atoms with Crippen LogP contribution >= 0.6 is 0 Å². The maximum absolute atomic E-state index is 12.3. The lowest BCUT2D eigenvalue weighted by Crippen LogP contribution is -2.31. The molecule has 16 N–H and O–H groups in total. The summed E-state index contributed by atoms with van der Waals surface area (Å²) < 4.78 is 0. The van der Waals surface area contributed by atoms with E-state index in [1.165, 1.54) is 0 Å². The number of rotatable bonds is 15. The number of nitrogens with two attached hydrogens (primary N) is 2. The number of aromatic hydroxyl groups is 6. The van der Waals surface area contributed by atoms with Gasteiger partial charge in [0.25, 0.3) is 0 Å². The molecule has 4 aromatic rings. The summed E-state index contributed by atoms with van der Waals surface area (Å²) in [6.07, 6.45) is 3.12. The van der Waals surface area contributed by atoms with Gasteiger partial charge in [0.05, 0.1) is 11.1 Å². The molecule has 60 heavy (non-hydrogen) atoms. The van der Waals surface area contributed by atoms with Crippen molar-refractivity contribution in [1.29, 1.82) is 10.8 Å². The van der Waals surface area contributed by atoms with Crippen LogP contribution in [0.4, 0.5) is 0 Å². The van der Waals surface area contributed by atoms with Crippen LogP contribution in [0.1, 0.15) is 98.6 Å². The van der Waals surface area contributed by atoms with Crippen molar-refractivity contribution in [3.05, 3.63) is 45.5 Å². The van der Waals surface area contributed by atoms with Gasteiger partial charge in [-0.05, 0) is 73.3 Å². The van der Waals surface area contributed by atoms with Gasteiger partial charge >= 0.3 is 11.9 Å². The Morgan fingerprint density at radius 3 is 1.27 bits per heavy atom. The minimum Gasteiger partial charge on any atom is -0.507 e. The first-order valence-electron chi connectivity index (χ1n) is 19.3. The summed E-state index contributed by atoms with van der Waals surface area (Å²) in [6, 6.07) is 1.23. The third-order valence-electron chi connectivity index (χ3n) is 10.2. The fourth-order valence-electron chi connectivity index (χ4n) is 7.28. The average Bonchev–Trinajstić information content (AvgIpc) is 3.16. The lowest BCUT2D eigenvalue weighted by molar-refractivity contribution is -0.139. The highest BCUT2D eigenvalue weighted by molar-refractivity contribution is 6.16. The van der Waals surface area contributed by atoms with E-state index >= 15 is 0 Å². The molecule has 0 amide bonds. The smallest absolute Gasteiger partial charge is 0.320 e. The first-order chi connectivity index (χ1) is 28.1. The fraction of sp³-hybridized carbons (Fsp3) is 0.381. The third kappa shape index (κ3) is 9.45. The molecule has 0 radical (unpaired) electrons. The zero-order valence-electron chi connectivity index (χ0n) is 34.3. The van der Waals surface area contributed by atoms with Gasteiger partial charge in [0.15, 0.2) is 23.0 Å². The Kier molecular flexibility index (Phi) is 14.5. The second-order valence-corrected chi connectivity index (χ2v) is 15.3. The second-order valence-electron chi connectivity index (χ2n) is 15.3. The van der Waals surface area contributed by atoms with E-state index in [-0.39, 0.29) is 82.7 Å². The molecule has 322 valence electrons. The standard InChI is InChI=1S/C42H54N8O10/c1-17(2)27-21-13-19(5)29(35(53)31(21)23(33(51)37(27)55)15-49-41(45)47-11-7-9-25(43)39(57)58)30-20(6)14-22-28(18(3)4)38(56)34(52)24(32(22)36(30)54)16-50-42(46)48-12-8-10-26(44)40(59)60/h13-18,25-26,51-56H,7-12,43-44H2,1-6H3,(H2,45,47)(H2,46,48)(H,57,58)(H,59,60)/b49-15-,50-16+/t25-,26-/m0/s1. The molecule has 4 rings (SSSR count). The number of carbonyl (C=O) groups is 2. The first-order valence-corrected chi connectivity index (χ1v) is 19.3. The van der Waals surface area contributed by atoms with Gasteiger partial charge in [0.1, 0.15) is 23.6 Å². The van der Waals surface area contributed by atoms with Gasteiger partial charge in [-0.2, -0.15) is 0 Å². The molecule has 0 aliphatic rings. The van der Waals surface area contributed by atoms with Gasteiger partial charge in [-0.25, -0.2) is 9.98 Å². The molecule has 0 heterocycles. The van der Waals surface area contributed by atoms with Crippen molar-refractivity contribution in [2.24, 2.45) is 21.5 Å². The van der Waals surface area contributed by atoms with Gasteiger partial charge in [0, 0.05) is 58.5 Å². The van der Waals surface area contributed by atoms with Crippen LogP contribution in [0.25, 0.3) is 32.7 Å². The number of carboxylic acid groups (broad SMARTS) is 2. The normalized spacial score (nSPS) is 12.9. The van der Waals surface area contributed by atoms with Gasteiger partial charge < -0.3 is 63.0 Å². The van der Waals surface area contributed by atoms with Crippen LogP contribution in [0.15, 0.2) is 22.1 Å². The lowest BCUT2D eigenvalue weighted by atomic mass is 9.83. The number of aliphatic carboxylic acids is 2. The van der Waals surface area contributed by atoms with Crippen LogP contribution in [-0.2, 0) is 9.59 Å². The summed E-state index contributed by atoms with van der Waals surface area (Å²) in [4.78, 5) is 30.3. The number of hydrogen-bond acceptors (Lipinski definition) is 12. The van der Waals surface area contributed by atoms with Crippen molar-refractivity contribution in [3.63, 3.8) is 0 Å². The number of aryl methyl sites for hydroxylation is 2. The monoisotopic (exact) mass is 830 g/mol. The molecule has 0 aliphatic heterocycles. The van der Waals surface area contributed by atoms with E-state index in [4.69, 9.17) is 32.5 Å². The molecule has 18 nitrogen and oxygen atoms in total. The van der Waals surface area contributed by atoms with Crippen LogP contribution in [-0.4, -0.2) is 102 Å². The maximum atomic E-state index is 12.3. The third-order valence-corrected chi connectivity index (χ3v) is 10.2. The summed E-state index contributed by atoms with van der Waals surface area (Å²) in [5.74, 6) is -6.73. The van der Waals surface area contributed by atoms with Crippen LogP contribution in [0.3, 0.4) is 0 Å². The number of hydrogen-bond donors (Lipinski definition) is 14. The molecule has 0 unspecified atom stereocenters. The van der Waals surface area contributed by atoms with Gasteiger partial charge in [-0.1, -0.05) is 39.8 Å². The molecule has 0 spiro atoms. The molecule has 4 aromatic carbocycles. The minimum absolute atomic E-state index is 0.0412. The van der Waals surface area contributed by atoms with E-state index in [1.54, 1.807) is 53.7 Å². The Bertz CT molecular complexity index is 2260. The molecular weight excluding hydrogens is 777 g/mol. The predicted molar refractivity (Wildman–Crippen MR) is 231 cm³/mol. The Labute approximate surface area is 345 Å². The quantitative estimate of drug-likeness (QED) is 0.0324. The number of nitrogens with zero attached hydrogens (tertiary/aromatic N) is 2. The van der Waals surface area contributed by atoms with Gasteiger partial charge in [-0.15, -0.1) is 0 Å². The number of benzene rings is 4. The summed E-state index contributed by atoms with van der Waals surface area (Å²) in [5.41, 5.74) is 12.6. The number of fused-ring (bicyclic) bond motifs is 2. The molecule has 0 fully saturated rings. The summed E-state index contributed by atoms with van der Waals surface area (Å²) in [6.45, 7) is 10.9. The summed E-state index contributed by atoms with van der Waals surface area (Å²) in [7, 11) is 0. The largest absolute Gasteiger partial charge is 0.507 e. The molecule has 0 bridgehead atoms. The van der Waals surface area contributed by atoms with Crippen molar-refractivity contribution in [1.82, 2.24) is 10.6 Å². The highest BCUT2D eigenvalue weighted by Gasteiger charge is 2.30. The fourth-order valence-corrected chi connectivity index (χ4v) is 7.28. The van der Waals surface area contributed by atoms with E-state index < -0.39 is 58.5 Å². The van der Waals surface area contributed by atoms with E-state index in [1.807, 2.05) is 0 Å². The van der Waals surface area contributed by atoms with Crippen molar-refractivity contribution < 1.29 is 50.4 Å². The molecular formula is C42H54N8O10. The van der Waals surface area contributed by atoms with Gasteiger partial charge in [0.2, 0.25) is 11.9 Å². The zero-order chi connectivity index (χ0) is 44.9. The van der Waals surface area contributed by atoms with Crippen LogP contribution in [0, 0.1) is 24.7 Å². The number of nitrogens with one attached hydrogen (secondary N) is 4. The Morgan fingerprint density at radius 2 is 0.967 bits per heavy atom. The number of carboxylic acids is 2. The predicted octanol–water partition coefficient (Wildman–Crippen LogP) is 5.03. The Morgan fingerprint density at radius 1 is 0.633 bits per heavy atom. The highest BCUT2D eigenvalue weighted by atomic mass is 16.4. The first kappa shape index (κ1) is 46.0. The van der Waals surface area contributed by atoms with E-state index in [9.17, 15) is 40.2 Å². The lowest BCUT2D eigenvalue weighted by Gasteiger charge is -2.23. The minimum atomic E-state index is -1.15. The van der Waals surface area contributed by atoms with Crippen molar-refractivity contribution in [2.75, 3.05) is 13.1 Å².